The van der Waals surface area contributed by atoms with Gasteiger partial charge in [0.1, 0.15) is 0 Å². The number of amides is 1. The Morgan fingerprint density at radius 3 is 2.79 bits per heavy atom. The van der Waals surface area contributed by atoms with Crippen LogP contribution in [0, 0.1) is 0 Å². The van der Waals surface area contributed by atoms with Crippen LogP contribution in [0.5, 0.6) is 11.5 Å². The summed E-state index contributed by atoms with van der Waals surface area (Å²) in [5.74, 6) is 0.490. The number of para-hydroxylation sites is 1. The summed E-state index contributed by atoms with van der Waals surface area (Å²) in [6.07, 6.45) is 0.169. The van der Waals surface area contributed by atoms with Crippen LogP contribution in [-0.4, -0.2) is 37.9 Å². The molecule has 2 aliphatic heterocycles. The zero-order valence-corrected chi connectivity index (χ0v) is 19.8. The largest absolute Gasteiger partial charge is 1.00 e. The first-order chi connectivity index (χ1) is 13.3. The van der Waals surface area contributed by atoms with E-state index < -0.39 is 10.4 Å². The molecule has 9 nitrogen and oxygen atoms in total. The zero-order valence-electron chi connectivity index (χ0n) is 15.1. The van der Waals surface area contributed by atoms with Gasteiger partial charge >= 0.3 is 51.4 Å². The molecule has 0 fully saturated rings. The molecule has 2 aliphatic rings. The number of hydrogen-bond acceptors (Lipinski definition) is 8. The molecule has 1 amide bonds. The van der Waals surface area contributed by atoms with Crippen LogP contribution in [-0.2, 0) is 14.7 Å². The number of ether oxygens (including phenoxy) is 2. The number of nitrogens with zero attached hydrogens (tertiary/aromatic N) is 2. The monoisotopic (exact) mass is 462 g/mol. The van der Waals surface area contributed by atoms with Gasteiger partial charge in [0.2, 0.25) is 6.79 Å². The van der Waals surface area contributed by atoms with Gasteiger partial charge in [-0.3, -0.25) is 9.08 Å². The maximum Gasteiger partial charge on any atom is 1.00 e. The first kappa shape index (κ1) is 22.5. The summed E-state index contributed by atoms with van der Waals surface area (Å²) in [5.41, 5.74) is 1.37. The van der Waals surface area contributed by atoms with Gasteiger partial charge in [-0.05, 0) is 30.3 Å². The number of rotatable bonds is 3. The fourth-order valence-corrected chi connectivity index (χ4v) is 3.43. The van der Waals surface area contributed by atoms with E-state index in [1.165, 1.54) is 4.90 Å². The summed E-state index contributed by atoms with van der Waals surface area (Å²) in [6, 6.07) is 9.69. The SMILES string of the molecule is O=C(c1cccc2c1OCO2)N1CC/C(=N/OS(=O)(=O)[O-])c2ccc(Cl)cc21.[K+]. The molecule has 2 aromatic carbocycles. The Balaban J connectivity index is 0.00000240. The Hall–Kier alpha value is -1.18. The molecule has 0 unspecified atom stereocenters. The molecular formula is C17H12ClKN2O7S. The van der Waals surface area contributed by atoms with Crippen molar-refractivity contribution in [1.82, 2.24) is 0 Å². The van der Waals surface area contributed by atoms with Gasteiger partial charge in [0, 0.05) is 23.6 Å². The van der Waals surface area contributed by atoms with Crippen molar-refractivity contribution >= 4 is 39.3 Å². The summed E-state index contributed by atoms with van der Waals surface area (Å²) in [6.45, 7) is 0.192. The van der Waals surface area contributed by atoms with Gasteiger partial charge in [-0.2, -0.15) is 8.42 Å². The first-order valence-electron chi connectivity index (χ1n) is 8.05. The fraction of sp³-hybridized carbons (Fsp3) is 0.176. The second kappa shape index (κ2) is 8.90. The summed E-state index contributed by atoms with van der Waals surface area (Å²) in [4.78, 5) is 14.7. The Bertz CT molecular complexity index is 1110. The van der Waals surface area contributed by atoms with Gasteiger partial charge in [-0.25, -0.2) is 0 Å². The summed E-state index contributed by atoms with van der Waals surface area (Å²) in [5, 5.41) is 3.81. The smallest absolute Gasteiger partial charge is 0.714 e. The van der Waals surface area contributed by atoms with E-state index >= 15 is 0 Å². The molecule has 0 saturated heterocycles. The Morgan fingerprint density at radius 2 is 2.03 bits per heavy atom. The number of carbonyl (C=O) groups is 1. The van der Waals surface area contributed by atoms with Crippen molar-refractivity contribution in [3.05, 3.63) is 52.5 Å². The number of fused-ring (bicyclic) bond motifs is 2. The van der Waals surface area contributed by atoms with Crippen molar-refractivity contribution < 1.29 is 82.9 Å². The van der Waals surface area contributed by atoms with Crippen LogP contribution in [0.25, 0.3) is 0 Å². The Kier molecular flexibility index (Phi) is 6.90. The first-order valence-corrected chi connectivity index (χ1v) is 9.76. The molecule has 0 N–H and O–H groups in total. The molecule has 0 spiro atoms. The third kappa shape index (κ3) is 4.77. The van der Waals surface area contributed by atoms with Gasteiger partial charge in [-0.1, -0.05) is 22.8 Å². The summed E-state index contributed by atoms with van der Waals surface area (Å²) >= 11 is 6.08. The van der Waals surface area contributed by atoms with Gasteiger partial charge < -0.3 is 18.9 Å². The summed E-state index contributed by atoms with van der Waals surface area (Å²) < 4.78 is 46.9. The predicted octanol–water partition coefficient (Wildman–Crippen LogP) is -0.696. The molecule has 2 aromatic rings. The molecule has 2 heterocycles. The normalized spacial score (nSPS) is 16.2. The summed E-state index contributed by atoms with van der Waals surface area (Å²) in [7, 11) is -4.99. The second-order valence-corrected chi connectivity index (χ2v) is 7.33. The molecule has 0 saturated carbocycles. The van der Waals surface area contributed by atoms with Crippen molar-refractivity contribution in [3.63, 3.8) is 0 Å². The van der Waals surface area contributed by atoms with Gasteiger partial charge in [0.25, 0.3) is 16.3 Å². The fourth-order valence-electron chi connectivity index (χ4n) is 3.09. The van der Waals surface area contributed by atoms with E-state index in [4.69, 9.17) is 21.1 Å². The average Bonchev–Trinajstić information content (AvgIpc) is 3.13. The standard InChI is InChI=1S/C17H13ClN2O7S.K/c18-10-4-5-11-13(19-27-28(22,23)24)6-7-20(14(11)8-10)17(21)12-2-1-3-15-16(12)26-9-25-15;/h1-5,8H,6-7,9H2,(H,22,23,24);/q;+1/p-1/b19-13-;. The third-order valence-electron chi connectivity index (χ3n) is 4.24. The quantitative estimate of drug-likeness (QED) is 0.256. The van der Waals surface area contributed by atoms with E-state index in [1.807, 2.05) is 0 Å². The number of anilines is 1. The van der Waals surface area contributed by atoms with Crippen LogP contribution in [0.15, 0.2) is 41.6 Å². The van der Waals surface area contributed by atoms with Gasteiger partial charge in [0.05, 0.1) is 17.0 Å². The minimum atomic E-state index is -4.99. The molecule has 12 heteroatoms. The van der Waals surface area contributed by atoms with Crippen LogP contribution in [0.3, 0.4) is 0 Å². The van der Waals surface area contributed by atoms with E-state index in [-0.39, 0.29) is 82.8 Å². The second-order valence-electron chi connectivity index (χ2n) is 5.93. The predicted molar refractivity (Wildman–Crippen MR) is 97.6 cm³/mol. The Morgan fingerprint density at radius 1 is 1.24 bits per heavy atom. The molecule has 4 rings (SSSR count). The number of benzene rings is 2. The van der Waals surface area contributed by atoms with Crippen molar-refractivity contribution in [2.24, 2.45) is 5.16 Å². The van der Waals surface area contributed by atoms with Crippen molar-refractivity contribution in [3.8, 4) is 11.5 Å². The molecule has 146 valence electrons. The molecule has 0 radical (unpaired) electrons. The van der Waals surface area contributed by atoms with E-state index in [9.17, 15) is 17.8 Å². The van der Waals surface area contributed by atoms with Crippen molar-refractivity contribution in [1.29, 1.82) is 0 Å². The number of oxime groups is 1. The maximum absolute atomic E-state index is 13.2. The maximum atomic E-state index is 13.2. The average molecular weight is 463 g/mol. The van der Waals surface area contributed by atoms with Crippen molar-refractivity contribution in [2.45, 2.75) is 6.42 Å². The van der Waals surface area contributed by atoms with Gasteiger partial charge in [0.15, 0.2) is 11.5 Å². The van der Waals surface area contributed by atoms with Crippen LogP contribution in [0.4, 0.5) is 5.69 Å². The minimum absolute atomic E-state index is 0. The van der Waals surface area contributed by atoms with Gasteiger partial charge in [-0.15, -0.1) is 0 Å². The van der Waals surface area contributed by atoms with E-state index in [2.05, 4.69) is 9.44 Å². The van der Waals surface area contributed by atoms with E-state index in [0.717, 1.165) is 0 Å². The third-order valence-corrected chi connectivity index (χ3v) is 4.74. The Labute approximate surface area is 213 Å². The van der Waals surface area contributed by atoms with E-state index in [1.54, 1.807) is 36.4 Å². The van der Waals surface area contributed by atoms with E-state index in [0.29, 0.717) is 33.3 Å². The van der Waals surface area contributed by atoms with Crippen LogP contribution < -0.4 is 65.8 Å². The molecule has 0 aliphatic carbocycles. The van der Waals surface area contributed by atoms with Crippen LogP contribution >= 0.6 is 11.6 Å². The molecule has 29 heavy (non-hydrogen) atoms. The topological polar surface area (TPSA) is 118 Å². The molecule has 0 aromatic heterocycles. The van der Waals surface area contributed by atoms with Crippen LogP contribution in [0.1, 0.15) is 22.3 Å². The number of hydrogen-bond donors (Lipinski definition) is 0. The molecular weight excluding hydrogens is 451 g/mol. The number of carbonyl (C=O) groups excluding carboxylic acids is 1. The molecule has 0 bridgehead atoms. The van der Waals surface area contributed by atoms with Crippen molar-refractivity contribution in [2.75, 3.05) is 18.2 Å². The van der Waals surface area contributed by atoms with Crippen LogP contribution in [0.2, 0.25) is 5.02 Å². The minimum Gasteiger partial charge on any atom is -0.714 e. The molecule has 0 atom stereocenters. The number of halogens is 1. The zero-order chi connectivity index (χ0) is 19.9.